The van der Waals surface area contributed by atoms with E-state index in [2.05, 4.69) is 10.3 Å². The number of carbonyl (C=O) groups excluding carboxylic acids is 2. The number of nitrogens with zero attached hydrogens (tertiary/aromatic N) is 2. The molecule has 1 aliphatic heterocycles. The first-order valence-electron chi connectivity index (χ1n) is 9.64. The molecule has 3 aromatic carbocycles. The summed E-state index contributed by atoms with van der Waals surface area (Å²) in [6.07, 6.45) is 0. The Labute approximate surface area is 175 Å². The van der Waals surface area contributed by atoms with E-state index >= 15 is 0 Å². The highest BCUT2D eigenvalue weighted by atomic mass is 16.2. The van der Waals surface area contributed by atoms with E-state index in [4.69, 9.17) is 5.73 Å². The van der Waals surface area contributed by atoms with Crippen LogP contribution in [-0.2, 0) is 9.59 Å². The van der Waals surface area contributed by atoms with Gasteiger partial charge in [0.25, 0.3) is 5.91 Å². The summed E-state index contributed by atoms with van der Waals surface area (Å²) >= 11 is 0. The number of para-hydroxylation sites is 2. The van der Waals surface area contributed by atoms with Gasteiger partial charge in [0.05, 0.1) is 17.9 Å². The molecule has 1 aliphatic rings. The van der Waals surface area contributed by atoms with Gasteiger partial charge < -0.3 is 10.2 Å². The van der Waals surface area contributed by atoms with Crippen molar-refractivity contribution in [2.24, 2.45) is 10.7 Å². The number of fused-ring (bicyclic) bond motifs is 1. The molecule has 1 amide bonds. The summed E-state index contributed by atoms with van der Waals surface area (Å²) in [5, 5.41) is 3.03. The molecule has 0 fully saturated rings. The molecule has 6 heteroatoms. The Bertz CT molecular complexity index is 1110. The van der Waals surface area contributed by atoms with Crippen LogP contribution >= 0.6 is 0 Å². The van der Waals surface area contributed by atoms with Gasteiger partial charge in [0.15, 0.2) is 0 Å². The second-order valence-electron chi connectivity index (χ2n) is 7.12. The Kier molecular flexibility index (Phi) is 5.16. The molecule has 1 heterocycles. The van der Waals surface area contributed by atoms with E-state index in [0.29, 0.717) is 11.4 Å². The zero-order valence-corrected chi connectivity index (χ0v) is 16.6. The van der Waals surface area contributed by atoms with Crippen molar-refractivity contribution < 1.29 is 9.59 Å². The predicted octanol–water partition coefficient (Wildman–Crippen LogP) is 2.84. The SMILES string of the molecule is CN1C(=O)C(N)(C(=O)CNc2ccccc2)N=C(c2ccccc2)c2ccccc21. The summed E-state index contributed by atoms with van der Waals surface area (Å²) in [5.74, 6) is -1.08. The minimum atomic E-state index is -2.04. The van der Waals surface area contributed by atoms with E-state index < -0.39 is 17.4 Å². The van der Waals surface area contributed by atoms with Gasteiger partial charge in [-0.3, -0.25) is 15.3 Å². The molecule has 0 spiro atoms. The van der Waals surface area contributed by atoms with Gasteiger partial charge in [0, 0.05) is 23.9 Å². The van der Waals surface area contributed by atoms with Crippen molar-refractivity contribution in [3.8, 4) is 0 Å². The molecule has 0 radical (unpaired) electrons. The van der Waals surface area contributed by atoms with Crippen LogP contribution in [-0.4, -0.2) is 36.7 Å². The van der Waals surface area contributed by atoms with Gasteiger partial charge in [-0.15, -0.1) is 0 Å². The molecule has 0 bridgehead atoms. The lowest BCUT2D eigenvalue weighted by Crippen LogP contribution is -2.60. The van der Waals surface area contributed by atoms with Crippen LogP contribution in [0.3, 0.4) is 0 Å². The number of hydrogen-bond acceptors (Lipinski definition) is 5. The minimum Gasteiger partial charge on any atom is -0.378 e. The molecule has 0 saturated heterocycles. The van der Waals surface area contributed by atoms with Crippen LogP contribution in [0, 0.1) is 0 Å². The van der Waals surface area contributed by atoms with E-state index in [1.165, 1.54) is 4.90 Å². The van der Waals surface area contributed by atoms with E-state index in [0.717, 1.165) is 16.8 Å². The van der Waals surface area contributed by atoms with Crippen molar-refractivity contribution >= 4 is 28.8 Å². The van der Waals surface area contributed by atoms with Gasteiger partial charge >= 0.3 is 0 Å². The molecular weight excluding hydrogens is 376 g/mol. The Hall–Kier alpha value is -3.77. The van der Waals surface area contributed by atoms with Gasteiger partial charge in [-0.2, -0.15) is 0 Å². The normalized spacial score (nSPS) is 18.3. The van der Waals surface area contributed by atoms with E-state index in [-0.39, 0.29) is 6.54 Å². The summed E-state index contributed by atoms with van der Waals surface area (Å²) in [7, 11) is 1.62. The second-order valence-corrected chi connectivity index (χ2v) is 7.12. The zero-order chi connectivity index (χ0) is 21.1. The van der Waals surface area contributed by atoms with Crippen LogP contribution in [0.25, 0.3) is 0 Å². The standard InChI is InChI=1S/C24H22N4O2/c1-28-20-15-9-8-14-19(20)22(17-10-4-2-5-11-17)27-24(25,23(28)30)21(29)16-26-18-12-6-3-7-13-18/h2-15,26H,16,25H2,1H3. The summed E-state index contributed by atoms with van der Waals surface area (Å²) in [6.45, 7) is -0.123. The van der Waals surface area contributed by atoms with E-state index in [9.17, 15) is 9.59 Å². The summed E-state index contributed by atoms with van der Waals surface area (Å²) in [6, 6.07) is 26.1. The number of rotatable bonds is 5. The number of Topliss-reactive ketones (excluding diaryl/α,β-unsaturated/α-hetero) is 1. The molecule has 0 aliphatic carbocycles. The van der Waals surface area contributed by atoms with Crippen LogP contribution in [0.4, 0.5) is 11.4 Å². The van der Waals surface area contributed by atoms with Gasteiger partial charge in [-0.1, -0.05) is 66.7 Å². The number of carbonyl (C=O) groups is 2. The molecular formula is C24H22N4O2. The largest absolute Gasteiger partial charge is 0.378 e. The summed E-state index contributed by atoms with van der Waals surface area (Å²) < 4.78 is 0. The molecule has 6 nitrogen and oxygen atoms in total. The molecule has 4 rings (SSSR count). The van der Waals surface area contributed by atoms with Gasteiger partial charge in [-0.25, -0.2) is 4.99 Å². The van der Waals surface area contributed by atoms with Gasteiger partial charge in [0.2, 0.25) is 11.4 Å². The van der Waals surface area contributed by atoms with Crippen LogP contribution in [0.15, 0.2) is 89.9 Å². The fraction of sp³-hybridized carbons (Fsp3) is 0.125. The van der Waals surface area contributed by atoms with Crippen LogP contribution in [0.1, 0.15) is 11.1 Å². The number of anilines is 2. The molecule has 0 saturated carbocycles. The average molecular weight is 398 g/mol. The van der Waals surface area contributed by atoms with Crippen LogP contribution in [0.5, 0.6) is 0 Å². The zero-order valence-electron chi connectivity index (χ0n) is 16.6. The molecule has 3 aromatic rings. The fourth-order valence-corrected chi connectivity index (χ4v) is 3.49. The van der Waals surface area contributed by atoms with Crippen LogP contribution < -0.4 is 16.0 Å². The van der Waals surface area contributed by atoms with Crippen molar-refractivity contribution in [2.75, 3.05) is 23.8 Å². The van der Waals surface area contributed by atoms with Gasteiger partial charge in [-0.05, 0) is 18.2 Å². The number of aliphatic imine (C=N–C) groups is 1. The Morgan fingerprint density at radius 2 is 1.57 bits per heavy atom. The van der Waals surface area contributed by atoms with Crippen molar-refractivity contribution in [3.05, 3.63) is 96.1 Å². The number of amides is 1. The minimum absolute atomic E-state index is 0.123. The molecule has 30 heavy (non-hydrogen) atoms. The fourth-order valence-electron chi connectivity index (χ4n) is 3.49. The van der Waals surface area contributed by atoms with E-state index in [1.807, 2.05) is 84.9 Å². The maximum absolute atomic E-state index is 13.3. The lowest BCUT2D eigenvalue weighted by atomic mass is 10.00. The topological polar surface area (TPSA) is 87.8 Å². The first kappa shape index (κ1) is 19.5. The molecule has 1 unspecified atom stereocenters. The third-order valence-corrected chi connectivity index (χ3v) is 5.14. The molecule has 1 atom stereocenters. The number of nitrogens with two attached hydrogens (primary N) is 1. The number of hydrogen-bond donors (Lipinski definition) is 2. The average Bonchev–Trinajstić information content (AvgIpc) is 2.88. The Morgan fingerprint density at radius 1 is 0.967 bits per heavy atom. The lowest BCUT2D eigenvalue weighted by molar-refractivity contribution is -0.132. The number of benzene rings is 3. The summed E-state index contributed by atoms with van der Waals surface area (Å²) in [4.78, 5) is 32.5. The van der Waals surface area contributed by atoms with Crippen molar-refractivity contribution in [1.29, 1.82) is 0 Å². The molecule has 3 N–H and O–H groups in total. The number of nitrogens with one attached hydrogen (secondary N) is 1. The lowest BCUT2D eigenvalue weighted by Gasteiger charge is -2.26. The Morgan fingerprint density at radius 3 is 2.27 bits per heavy atom. The highest BCUT2D eigenvalue weighted by molar-refractivity contribution is 6.26. The predicted molar refractivity (Wildman–Crippen MR) is 119 cm³/mol. The Balaban J connectivity index is 1.78. The summed E-state index contributed by atoms with van der Waals surface area (Å²) in [5.41, 5.74) is 7.86. The third kappa shape index (κ3) is 3.49. The van der Waals surface area contributed by atoms with E-state index in [1.54, 1.807) is 7.05 Å². The molecule has 150 valence electrons. The quantitative estimate of drug-likeness (QED) is 0.647. The van der Waals surface area contributed by atoms with Crippen molar-refractivity contribution in [1.82, 2.24) is 0 Å². The number of likely N-dealkylation sites (N-methyl/N-ethyl adjacent to an activating group) is 1. The number of ketones is 1. The molecule has 0 aromatic heterocycles. The van der Waals surface area contributed by atoms with Gasteiger partial charge in [0.1, 0.15) is 0 Å². The number of benzodiazepines with no additional fused rings is 1. The highest BCUT2D eigenvalue weighted by Gasteiger charge is 2.46. The smallest absolute Gasteiger partial charge is 0.277 e. The van der Waals surface area contributed by atoms with Crippen molar-refractivity contribution in [3.63, 3.8) is 0 Å². The van der Waals surface area contributed by atoms with Crippen LogP contribution in [0.2, 0.25) is 0 Å². The monoisotopic (exact) mass is 398 g/mol. The maximum Gasteiger partial charge on any atom is 0.277 e. The first-order chi connectivity index (χ1) is 14.5. The third-order valence-electron chi connectivity index (χ3n) is 5.14. The van der Waals surface area contributed by atoms with Crippen molar-refractivity contribution in [2.45, 2.75) is 5.66 Å². The highest BCUT2D eigenvalue weighted by Crippen LogP contribution is 2.30. The second kappa shape index (κ2) is 7.93. The first-order valence-corrected chi connectivity index (χ1v) is 9.64. The maximum atomic E-state index is 13.3.